The van der Waals surface area contributed by atoms with Gasteiger partial charge in [-0.15, -0.1) is 0 Å². The summed E-state index contributed by atoms with van der Waals surface area (Å²) in [5, 5.41) is 1.08. The van der Waals surface area contributed by atoms with E-state index in [1.54, 1.807) is 0 Å². The van der Waals surface area contributed by atoms with Crippen LogP contribution in [-0.4, -0.2) is 14.1 Å². The molecule has 21 heavy (non-hydrogen) atoms. The molecular formula is C17H19N3O. The van der Waals surface area contributed by atoms with E-state index in [9.17, 15) is 0 Å². The predicted octanol–water partition coefficient (Wildman–Crippen LogP) is 3.05. The van der Waals surface area contributed by atoms with Gasteiger partial charge in [-0.1, -0.05) is 30.3 Å². The number of furan rings is 1. The van der Waals surface area contributed by atoms with Gasteiger partial charge < -0.3 is 9.32 Å². The molecule has 0 radical (unpaired) electrons. The Bertz CT molecular complexity index is 698. The first-order valence-electron chi connectivity index (χ1n) is 6.91. The van der Waals surface area contributed by atoms with Crippen molar-refractivity contribution in [2.24, 2.45) is 5.84 Å². The second kappa shape index (κ2) is 5.60. The first kappa shape index (κ1) is 13.7. The zero-order valence-electron chi connectivity index (χ0n) is 12.2. The van der Waals surface area contributed by atoms with E-state index < -0.39 is 0 Å². The molecule has 2 aromatic carbocycles. The topological polar surface area (TPSA) is 54.4 Å². The van der Waals surface area contributed by atoms with Crippen molar-refractivity contribution in [3.05, 3.63) is 65.9 Å². The number of para-hydroxylation sites is 1. The Kier molecular flexibility index (Phi) is 3.64. The molecule has 3 rings (SSSR count). The Labute approximate surface area is 124 Å². The summed E-state index contributed by atoms with van der Waals surface area (Å²) in [5.74, 6) is 6.55. The lowest BCUT2D eigenvalue weighted by atomic mass is 10.0. The van der Waals surface area contributed by atoms with Gasteiger partial charge in [0.15, 0.2) is 0 Å². The van der Waals surface area contributed by atoms with E-state index in [0.717, 1.165) is 28.0 Å². The molecular weight excluding hydrogens is 262 g/mol. The van der Waals surface area contributed by atoms with Gasteiger partial charge in [-0.25, -0.2) is 5.43 Å². The van der Waals surface area contributed by atoms with Crippen molar-refractivity contribution in [2.45, 2.75) is 6.04 Å². The van der Waals surface area contributed by atoms with Crippen LogP contribution >= 0.6 is 0 Å². The van der Waals surface area contributed by atoms with Crippen molar-refractivity contribution in [1.29, 1.82) is 0 Å². The number of nitrogens with zero attached hydrogens (tertiary/aromatic N) is 1. The Hall–Kier alpha value is -2.30. The molecule has 0 bridgehead atoms. The van der Waals surface area contributed by atoms with Crippen molar-refractivity contribution in [1.82, 2.24) is 5.43 Å². The molecule has 0 saturated heterocycles. The quantitative estimate of drug-likeness (QED) is 0.570. The van der Waals surface area contributed by atoms with Crippen LogP contribution in [0.15, 0.2) is 59.0 Å². The Morgan fingerprint density at radius 1 is 1.05 bits per heavy atom. The number of anilines is 1. The molecule has 3 aromatic rings. The van der Waals surface area contributed by atoms with Gasteiger partial charge in [-0.2, -0.15) is 0 Å². The fourth-order valence-electron chi connectivity index (χ4n) is 2.45. The first-order valence-corrected chi connectivity index (χ1v) is 6.91. The van der Waals surface area contributed by atoms with Crippen LogP contribution in [0, 0.1) is 0 Å². The van der Waals surface area contributed by atoms with Gasteiger partial charge >= 0.3 is 0 Å². The standard InChI is InChI=1S/C17H19N3O/c1-20(2)14-9-7-12(8-10-14)17(19-18)16-11-13-5-3-4-6-15(13)21-16/h3-11,17,19H,18H2,1-2H3. The molecule has 0 aliphatic heterocycles. The third-order valence-corrected chi connectivity index (χ3v) is 3.64. The van der Waals surface area contributed by atoms with Gasteiger partial charge in [0.25, 0.3) is 0 Å². The fraction of sp³-hybridized carbons (Fsp3) is 0.176. The van der Waals surface area contributed by atoms with E-state index in [-0.39, 0.29) is 6.04 Å². The number of hydrogen-bond acceptors (Lipinski definition) is 4. The third-order valence-electron chi connectivity index (χ3n) is 3.64. The second-order valence-corrected chi connectivity index (χ2v) is 5.27. The minimum absolute atomic E-state index is 0.159. The zero-order chi connectivity index (χ0) is 14.8. The average Bonchev–Trinajstić information content (AvgIpc) is 2.92. The van der Waals surface area contributed by atoms with E-state index in [2.05, 4.69) is 34.6 Å². The van der Waals surface area contributed by atoms with Crippen molar-refractivity contribution in [2.75, 3.05) is 19.0 Å². The van der Waals surface area contributed by atoms with Gasteiger partial charge in [-0.05, 0) is 29.8 Å². The normalized spacial score (nSPS) is 12.5. The maximum Gasteiger partial charge on any atom is 0.134 e. The van der Waals surface area contributed by atoms with Gasteiger partial charge in [0.05, 0.1) is 0 Å². The summed E-state index contributed by atoms with van der Waals surface area (Å²) in [6.07, 6.45) is 0. The van der Waals surface area contributed by atoms with Crippen LogP contribution in [0.25, 0.3) is 11.0 Å². The van der Waals surface area contributed by atoms with Crippen molar-refractivity contribution >= 4 is 16.7 Å². The summed E-state index contributed by atoms with van der Waals surface area (Å²) in [7, 11) is 4.04. The van der Waals surface area contributed by atoms with E-state index >= 15 is 0 Å². The number of rotatable bonds is 4. The highest BCUT2D eigenvalue weighted by Crippen LogP contribution is 2.28. The van der Waals surface area contributed by atoms with Crippen LogP contribution in [0.1, 0.15) is 17.4 Å². The van der Waals surface area contributed by atoms with Crippen LogP contribution in [0.4, 0.5) is 5.69 Å². The zero-order valence-corrected chi connectivity index (χ0v) is 12.2. The van der Waals surface area contributed by atoms with Gasteiger partial charge in [-0.3, -0.25) is 5.84 Å². The van der Waals surface area contributed by atoms with Crippen molar-refractivity contribution in [3.8, 4) is 0 Å². The van der Waals surface area contributed by atoms with Crippen LogP contribution in [0.2, 0.25) is 0 Å². The summed E-state index contributed by atoms with van der Waals surface area (Å²) in [4.78, 5) is 2.07. The summed E-state index contributed by atoms with van der Waals surface area (Å²) < 4.78 is 5.90. The van der Waals surface area contributed by atoms with Crippen LogP contribution in [0.3, 0.4) is 0 Å². The summed E-state index contributed by atoms with van der Waals surface area (Å²) in [6, 6.07) is 18.1. The molecule has 1 aromatic heterocycles. The van der Waals surface area contributed by atoms with Gasteiger partial charge in [0, 0.05) is 25.2 Å². The Morgan fingerprint density at radius 2 is 1.76 bits per heavy atom. The summed E-state index contributed by atoms with van der Waals surface area (Å²) in [5.41, 5.74) is 5.93. The van der Waals surface area contributed by atoms with Crippen molar-refractivity contribution < 1.29 is 4.42 Å². The van der Waals surface area contributed by atoms with E-state index in [1.165, 1.54) is 0 Å². The third kappa shape index (κ3) is 2.63. The number of hydrazine groups is 1. The molecule has 0 amide bonds. The van der Waals surface area contributed by atoms with Crippen molar-refractivity contribution in [3.63, 3.8) is 0 Å². The average molecular weight is 281 g/mol. The molecule has 0 fully saturated rings. The number of fused-ring (bicyclic) bond motifs is 1. The molecule has 4 heteroatoms. The van der Waals surface area contributed by atoms with Crippen LogP contribution in [-0.2, 0) is 0 Å². The SMILES string of the molecule is CN(C)c1ccc(C(NN)c2cc3ccccc3o2)cc1. The summed E-state index contributed by atoms with van der Waals surface area (Å²) in [6.45, 7) is 0. The molecule has 0 aliphatic carbocycles. The van der Waals surface area contributed by atoms with E-state index in [0.29, 0.717) is 0 Å². The van der Waals surface area contributed by atoms with Gasteiger partial charge in [0.1, 0.15) is 17.4 Å². The molecule has 3 N–H and O–H groups in total. The molecule has 1 atom stereocenters. The minimum atomic E-state index is -0.159. The molecule has 1 heterocycles. The largest absolute Gasteiger partial charge is 0.459 e. The highest BCUT2D eigenvalue weighted by Gasteiger charge is 2.17. The van der Waals surface area contributed by atoms with E-state index in [1.807, 2.05) is 44.4 Å². The lowest BCUT2D eigenvalue weighted by molar-refractivity contribution is 0.477. The molecule has 4 nitrogen and oxygen atoms in total. The van der Waals surface area contributed by atoms with Crippen LogP contribution in [0.5, 0.6) is 0 Å². The number of nitrogens with two attached hydrogens (primary N) is 1. The maximum absolute atomic E-state index is 5.90. The highest BCUT2D eigenvalue weighted by molar-refractivity contribution is 5.78. The monoisotopic (exact) mass is 281 g/mol. The molecule has 108 valence electrons. The first-order chi connectivity index (χ1) is 10.2. The van der Waals surface area contributed by atoms with E-state index in [4.69, 9.17) is 10.3 Å². The fourth-order valence-corrected chi connectivity index (χ4v) is 2.45. The summed E-state index contributed by atoms with van der Waals surface area (Å²) >= 11 is 0. The second-order valence-electron chi connectivity index (χ2n) is 5.27. The molecule has 0 spiro atoms. The Morgan fingerprint density at radius 3 is 2.38 bits per heavy atom. The minimum Gasteiger partial charge on any atom is -0.459 e. The molecule has 0 saturated carbocycles. The molecule has 1 unspecified atom stereocenters. The highest BCUT2D eigenvalue weighted by atomic mass is 16.3. The molecule has 0 aliphatic rings. The predicted molar refractivity (Wildman–Crippen MR) is 86.1 cm³/mol. The maximum atomic E-state index is 5.90. The number of hydrogen-bond donors (Lipinski definition) is 2. The van der Waals surface area contributed by atoms with Gasteiger partial charge in [0.2, 0.25) is 0 Å². The Balaban J connectivity index is 1.97. The number of benzene rings is 2. The lowest BCUT2D eigenvalue weighted by Gasteiger charge is -2.16. The lowest BCUT2D eigenvalue weighted by Crippen LogP contribution is -2.28. The number of nitrogens with one attached hydrogen (secondary N) is 1. The smallest absolute Gasteiger partial charge is 0.134 e. The van der Waals surface area contributed by atoms with Crippen LogP contribution < -0.4 is 16.2 Å².